The number of nitrogens with zero attached hydrogens (tertiary/aromatic N) is 1. The Morgan fingerprint density at radius 3 is 3.00 bits per heavy atom. The molecule has 13 heavy (non-hydrogen) atoms. The largest absolute Gasteiger partial charge is 0.447 e. The number of hydrogen-bond acceptors (Lipinski definition) is 3. The lowest BCUT2D eigenvalue weighted by molar-refractivity contribution is -0.122. The highest BCUT2D eigenvalue weighted by Gasteiger charge is 2.26. The van der Waals surface area contributed by atoms with Gasteiger partial charge in [0.15, 0.2) is 0 Å². The van der Waals surface area contributed by atoms with Crippen molar-refractivity contribution in [3.05, 3.63) is 12.2 Å². The number of carbonyl (C=O) groups excluding carboxylic acids is 2. The molecule has 1 fully saturated rings. The molecular formula is C9H13NO3. The molecule has 0 bridgehead atoms. The SMILES string of the molecule is CCC/C=C\C(=O)N1CCOC1=O. The molecule has 0 saturated carbocycles. The third kappa shape index (κ3) is 2.57. The van der Waals surface area contributed by atoms with Crippen LogP contribution in [0.15, 0.2) is 12.2 Å². The molecule has 72 valence electrons. The van der Waals surface area contributed by atoms with Gasteiger partial charge in [0.05, 0.1) is 6.54 Å². The summed E-state index contributed by atoms with van der Waals surface area (Å²) in [6, 6.07) is 0. The Bertz CT molecular complexity index is 235. The van der Waals surface area contributed by atoms with Crippen LogP contribution in [0.1, 0.15) is 19.8 Å². The van der Waals surface area contributed by atoms with E-state index >= 15 is 0 Å². The first kappa shape index (κ1) is 9.77. The monoisotopic (exact) mass is 183 g/mol. The predicted octanol–water partition coefficient (Wildman–Crippen LogP) is 1.32. The van der Waals surface area contributed by atoms with Gasteiger partial charge in [-0.05, 0) is 12.5 Å². The van der Waals surface area contributed by atoms with Crippen molar-refractivity contribution < 1.29 is 14.3 Å². The smallest absolute Gasteiger partial charge is 0.416 e. The second kappa shape index (κ2) is 4.64. The van der Waals surface area contributed by atoms with Gasteiger partial charge in [0.1, 0.15) is 6.61 Å². The summed E-state index contributed by atoms with van der Waals surface area (Å²) in [5.41, 5.74) is 0. The minimum Gasteiger partial charge on any atom is -0.447 e. The summed E-state index contributed by atoms with van der Waals surface area (Å²) in [6.45, 7) is 2.71. The van der Waals surface area contributed by atoms with Crippen molar-refractivity contribution in [2.45, 2.75) is 19.8 Å². The lowest BCUT2D eigenvalue weighted by atomic mass is 10.3. The van der Waals surface area contributed by atoms with Crippen LogP contribution in [0, 0.1) is 0 Å². The van der Waals surface area contributed by atoms with E-state index in [1.54, 1.807) is 6.08 Å². The van der Waals surface area contributed by atoms with Gasteiger partial charge in [-0.3, -0.25) is 4.79 Å². The predicted molar refractivity (Wildman–Crippen MR) is 47.1 cm³/mol. The van der Waals surface area contributed by atoms with E-state index in [0.29, 0.717) is 13.2 Å². The standard InChI is InChI=1S/C9H13NO3/c1-2-3-4-5-8(11)10-6-7-13-9(10)12/h4-5H,2-3,6-7H2,1H3/b5-4-. The van der Waals surface area contributed by atoms with Crippen molar-refractivity contribution in [2.24, 2.45) is 0 Å². The van der Waals surface area contributed by atoms with Gasteiger partial charge in [0.25, 0.3) is 5.91 Å². The number of allylic oxidation sites excluding steroid dienone is 1. The maximum Gasteiger partial charge on any atom is 0.416 e. The molecule has 4 nitrogen and oxygen atoms in total. The van der Waals surface area contributed by atoms with E-state index in [2.05, 4.69) is 4.74 Å². The first-order valence-electron chi connectivity index (χ1n) is 4.40. The van der Waals surface area contributed by atoms with Crippen LogP contribution < -0.4 is 0 Å². The molecule has 1 heterocycles. The number of hydrogen-bond donors (Lipinski definition) is 0. The molecule has 1 rings (SSSR count). The molecule has 1 aliphatic rings. The number of cyclic esters (lactones) is 1. The molecule has 0 aliphatic carbocycles. The molecule has 1 aliphatic heterocycles. The minimum atomic E-state index is -0.536. The molecule has 0 N–H and O–H groups in total. The van der Waals surface area contributed by atoms with Gasteiger partial charge in [-0.25, -0.2) is 9.69 Å². The molecule has 4 heteroatoms. The van der Waals surface area contributed by atoms with Crippen LogP contribution in [-0.4, -0.2) is 30.1 Å². The molecular weight excluding hydrogens is 170 g/mol. The second-order valence-corrected chi connectivity index (χ2v) is 2.80. The number of rotatable bonds is 3. The summed E-state index contributed by atoms with van der Waals surface area (Å²) in [6.07, 6.45) is 4.51. The molecule has 0 aromatic heterocycles. The van der Waals surface area contributed by atoms with Gasteiger partial charge in [-0.15, -0.1) is 0 Å². The second-order valence-electron chi connectivity index (χ2n) is 2.80. The highest BCUT2D eigenvalue weighted by atomic mass is 16.6. The van der Waals surface area contributed by atoms with Crippen molar-refractivity contribution >= 4 is 12.0 Å². The minimum absolute atomic E-state index is 0.282. The fraction of sp³-hybridized carbons (Fsp3) is 0.556. The zero-order valence-corrected chi connectivity index (χ0v) is 7.66. The summed E-state index contributed by atoms with van der Waals surface area (Å²) < 4.78 is 4.63. The zero-order valence-electron chi connectivity index (χ0n) is 7.66. The van der Waals surface area contributed by atoms with Crippen molar-refractivity contribution in [3.63, 3.8) is 0 Å². The Morgan fingerprint density at radius 1 is 1.69 bits per heavy atom. The Morgan fingerprint density at radius 2 is 2.46 bits per heavy atom. The fourth-order valence-corrected chi connectivity index (χ4v) is 1.03. The highest BCUT2D eigenvalue weighted by Crippen LogP contribution is 2.04. The van der Waals surface area contributed by atoms with Gasteiger partial charge >= 0.3 is 6.09 Å². The number of ether oxygens (including phenoxy) is 1. The molecule has 0 atom stereocenters. The van der Waals surface area contributed by atoms with Gasteiger partial charge in [-0.1, -0.05) is 19.4 Å². The summed E-state index contributed by atoms with van der Waals surface area (Å²) >= 11 is 0. The van der Waals surface area contributed by atoms with Crippen molar-refractivity contribution in [1.82, 2.24) is 4.90 Å². The van der Waals surface area contributed by atoms with E-state index in [1.807, 2.05) is 6.92 Å². The lowest BCUT2D eigenvalue weighted by Gasteiger charge is -2.05. The van der Waals surface area contributed by atoms with Crippen LogP contribution in [0.25, 0.3) is 0 Å². The molecule has 0 radical (unpaired) electrons. The highest BCUT2D eigenvalue weighted by molar-refractivity contribution is 5.99. The molecule has 0 aromatic carbocycles. The Kier molecular flexibility index (Phi) is 3.49. The van der Waals surface area contributed by atoms with Gasteiger partial charge in [0, 0.05) is 0 Å². The van der Waals surface area contributed by atoms with E-state index in [4.69, 9.17) is 0 Å². The van der Waals surface area contributed by atoms with Crippen molar-refractivity contribution in [3.8, 4) is 0 Å². The summed E-state index contributed by atoms with van der Waals surface area (Å²) in [5.74, 6) is -0.282. The molecule has 1 saturated heterocycles. The summed E-state index contributed by atoms with van der Waals surface area (Å²) in [7, 11) is 0. The van der Waals surface area contributed by atoms with E-state index in [-0.39, 0.29) is 5.91 Å². The lowest BCUT2D eigenvalue weighted by Crippen LogP contribution is -2.29. The van der Waals surface area contributed by atoms with Crippen LogP contribution in [0.2, 0.25) is 0 Å². The third-order valence-corrected chi connectivity index (χ3v) is 1.74. The molecule has 2 amide bonds. The number of amides is 2. The van der Waals surface area contributed by atoms with Crippen molar-refractivity contribution in [1.29, 1.82) is 0 Å². The first-order chi connectivity index (χ1) is 6.25. The van der Waals surface area contributed by atoms with Crippen LogP contribution in [0.4, 0.5) is 4.79 Å². The molecule has 0 spiro atoms. The maximum absolute atomic E-state index is 11.3. The first-order valence-corrected chi connectivity index (χ1v) is 4.40. The summed E-state index contributed by atoms with van der Waals surface area (Å²) in [4.78, 5) is 23.3. The average Bonchev–Trinajstić information content (AvgIpc) is 2.52. The van der Waals surface area contributed by atoms with Crippen molar-refractivity contribution in [2.75, 3.05) is 13.2 Å². The Balaban J connectivity index is 2.43. The van der Waals surface area contributed by atoms with E-state index < -0.39 is 6.09 Å². The van der Waals surface area contributed by atoms with Gasteiger partial charge < -0.3 is 4.74 Å². The van der Waals surface area contributed by atoms with E-state index in [0.717, 1.165) is 17.7 Å². The van der Waals surface area contributed by atoms with E-state index in [1.165, 1.54) is 6.08 Å². The topological polar surface area (TPSA) is 46.6 Å². The van der Waals surface area contributed by atoms with Gasteiger partial charge in [0.2, 0.25) is 0 Å². The molecule has 0 unspecified atom stereocenters. The van der Waals surface area contributed by atoms with Crippen LogP contribution >= 0.6 is 0 Å². The Hall–Kier alpha value is -1.32. The third-order valence-electron chi connectivity index (χ3n) is 1.74. The van der Waals surface area contributed by atoms with Crippen LogP contribution in [-0.2, 0) is 9.53 Å². The quantitative estimate of drug-likeness (QED) is 0.620. The van der Waals surface area contributed by atoms with Crippen LogP contribution in [0.5, 0.6) is 0 Å². The maximum atomic E-state index is 11.3. The number of unbranched alkanes of at least 4 members (excludes halogenated alkanes) is 1. The van der Waals surface area contributed by atoms with E-state index in [9.17, 15) is 9.59 Å². The average molecular weight is 183 g/mol. The van der Waals surface area contributed by atoms with Gasteiger partial charge in [-0.2, -0.15) is 0 Å². The number of imide groups is 1. The van der Waals surface area contributed by atoms with Crippen LogP contribution in [0.3, 0.4) is 0 Å². The Labute approximate surface area is 77.2 Å². The molecule has 0 aromatic rings. The summed E-state index contributed by atoms with van der Waals surface area (Å²) in [5, 5.41) is 0. The fourth-order valence-electron chi connectivity index (χ4n) is 1.03. The zero-order chi connectivity index (χ0) is 9.68. The number of carbonyl (C=O) groups is 2. The normalized spacial score (nSPS) is 16.7.